The van der Waals surface area contributed by atoms with Gasteiger partial charge in [0, 0.05) is 19.5 Å². The van der Waals surface area contributed by atoms with Gasteiger partial charge in [0.2, 0.25) is 0 Å². The second-order valence-corrected chi connectivity index (χ2v) is 4.22. The van der Waals surface area contributed by atoms with Crippen molar-refractivity contribution >= 4 is 0 Å². The van der Waals surface area contributed by atoms with Crippen LogP contribution in [0.5, 0.6) is 5.75 Å². The lowest BCUT2D eigenvalue weighted by Crippen LogP contribution is -2.32. The van der Waals surface area contributed by atoms with Crippen molar-refractivity contribution in [3.8, 4) is 18.1 Å². The molecule has 2 N–H and O–H groups in total. The molecule has 0 aliphatic rings. The largest absolute Gasteiger partial charge is 0.491 e. The summed E-state index contributed by atoms with van der Waals surface area (Å²) >= 11 is 0. The number of aliphatic hydroxyl groups is 1. The van der Waals surface area contributed by atoms with Crippen LogP contribution in [0.25, 0.3) is 0 Å². The van der Waals surface area contributed by atoms with Crippen molar-refractivity contribution in [3.63, 3.8) is 0 Å². The van der Waals surface area contributed by atoms with E-state index in [1.807, 2.05) is 30.3 Å². The Labute approximate surface area is 115 Å². The van der Waals surface area contributed by atoms with Crippen molar-refractivity contribution in [3.05, 3.63) is 42.5 Å². The Balaban J connectivity index is 2.35. The fourth-order valence-electron chi connectivity index (χ4n) is 1.64. The van der Waals surface area contributed by atoms with E-state index in [9.17, 15) is 5.11 Å². The van der Waals surface area contributed by atoms with Crippen LogP contribution in [0.1, 0.15) is 12.0 Å². The number of ether oxygens (including phenoxy) is 1. The SMILES string of the molecule is C#CCCNC[C@H](O)COc1ccccc1CC=C. The van der Waals surface area contributed by atoms with Crippen LogP contribution in [0.4, 0.5) is 0 Å². The third-order valence-corrected chi connectivity index (χ3v) is 2.59. The summed E-state index contributed by atoms with van der Waals surface area (Å²) in [4.78, 5) is 0. The summed E-state index contributed by atoms with van der Waals surface area (Å²) in [5.74, 6) is 3.33. The van der Waals surface area contributed by atoms with Gasteiger partial charge in [-0.15, -0.1) is 18.9 Å². The Kier molecular flexibility index (Phi) is 7.41. The van der Waals surface area contributed by atoms with Crippen molar-refractivity contribution < 1.29 is 9.84 Å². The molecule has 19 heavy (non-hydrogen) atoms. The van der Waals surface area contributed by atoms with E-state index >= 15 is 0 Å². The second-order valence-electron chi connectivity index (χ2n) is 4.22. The lowest BCUT2D eigenvalue weighted by Gasteiger charge is -2.14. The number of rotatable bonds is 9. The van der Waals surface area contributed by atoms with E-state index in [1.165, 1.54) is 0 Å². The highest BCUT2D eigenvalue weighted by atomic mass is 16.5. The molecule has 1 atom stereocenters. The van der Waals surface area contributed by atoms with Crippen LogP contribution in [0.15, 0.2) is 36.9 Å². The summed E-state index contributed by atoms with van der Waals surface area (Å²) in [5.41, 5.74) is 1.07. The van der Waals surface area contributed by atoms with Crippen molar-refractivity contribution in [1.82, 2.24) is 5.32 Å². The molecule has 0 radical (unpaired) electrons. The monoisotopic (exact) mass is 259 g/mol. The van der Waals surface area contributed by atoms with Crippen LogP contribution in [0, 0.1) is 12.3 Å². The molecular formula is C16H21NO2. The van der Waals surface area contributed by atoms with Gasteiger partial charge in [-0.25, -0.2) is 0 Å². The quantitative estimate of drug-likeness (QED) is 0.403. The first-order valence-electron chi connectivity index (χ1n) is 6.41. The first-order valence-corrected chi connectivity index (χ1v) is 6.41. The van der Waals surface area contributed by atoms with Crippen LogP contribution in [0.2, 0.25) is 0 Å². The number of para-hydroxylation sites is 1. The summed E-state index contributed by atoms with van der Waals surface area (Å²) in [6.07, 6.45) is 7.85. The van der Waals surface area contributed by atoms with Crippen LogP contribution in [-0.2, 0) is 6.42 Å². The number of allylic oxidation sites excluding steroid dienone is 1. The zero-order valence-electron chi connectivity index (χ0n) is 11.1. The van der Waals surface area contributed by atoms with Gasteiger partial charge < -0.3 is 15.2 Å². The molecule has 0 unspecified atom stereocenters. The van der Waals surface area contributed by atoms with E-state index in [-0.39, 0.29) is 6.61 Å². The number of aliphatic hydroxyl groups excluding tert-OH is 1. The summed E-state index contributed by atoms with van der Waals surface area (Å²) < 4.78 is 5.63. The minimum Gasteiger partial charge on any atom is -0.491 e. The maximum Gasteiger partial charge on any atom is 0.122 e. The molecule has 3 nitrogen and oxygen atoms in total. The zero-order chi connectivity index (χ0) is 13.9. The predicted octanol–water partition coefficient (Wildman–Crippen LogP) is 1.77. The fraction of sp³-hybridized carbons (Fsp3) is 0.375. The smallest absolute Gasteiger partial charge is 0.122 e. The van der Waals surface area contributed by atoms with Crippen LogP contribution in [-0.4, -0.2) is 30.9 Å². The molecule has 0 aliphatic carbocycles. The Morgan fingerprint density at radius 1 is 1.47 bits per heavy atom. The molecule has 0 aliphatic heterocycles. The summed E-state index contributed by atoms with van der Waals surface area (Å²) in [7, 11) is 0. The average molecular weight is 259 g/mol. The second kappa shape index (κ2) is 9.21. The minimum absolute atomic E-state index is 0.261. The highest BCUT2D eigenvalue weighted by molar-refractivity contribution is 5.34. The topological polar surface area (TPSA) is 41.5 Å². The van der Waals surface area contributed by atoms with Crippen LogP contribution >= 0.6 is 0 Å². The molecule has 0 saturated carbocycles. The molecule has 3 heteroatoms. The van der Waals surface area contributed by atoms with E-state index in [0.717, 1.165) is 17.7 Å². The van der Waals surface area contributed by atoms with E-state index in [2.05, 4.69) is 17.8 Å². The molecule has 1 aromatic carbocycles. The first kappa shape index (κ1) is 15.3. The van der Waals surface area contributed by atoms with Crippen LogP contribution in [0.3, 0.4) is 0 Å². The lowest BCUT2D eigenvalue weighted by atomic mass is 10.1. The number of hydrogen-bond donors (Lipinski definition) is 2. The van der Waals surface area contributed by atoms with Gasteiger partial charge in [-0.2, -0.15) is 0 Å². The molecule has 0 amide bonds. The van der Waals surface area contributed by atoms with Gasteiger partial charge in [-0.3, -0.25) is 0 Å². The molecule has 102 valence electrons. The normalized spacial score (nSPS) is 11.6. The maximum absolute atomic E-state index is 9.77. The highest BCUT2D eigenvalue weighted by Crippen LogP contribution is 2.18. The standard InChI is InChI=1S/C16H21NO2/c1-3-5-11-17-12-15(18)13-19-16-10-7-6-9-14(16)8-4-2/h1,4,6-7,9-10,15,17-18H,2,5,8,11-13H2/t15-/m0/s1. The molecule has 0 bridgehead atoms. The Bertz CT molecular complexity index is 423. The molecular weight excluding hydrogens is 238 g/mol. The van der Waals surface area contributed by atoms with E-state index < -0.39 is 6.10 Å². The number of benzene rings is 1. The zero-order valence-corrected chi connectivity index (χ0v) is 11.1. The third kappa shape index (κ3) is 6.10. The van der Waals surface area contributed by atoms with Gasteiger partial charge >= 0.3 is 0 Å². The van der Waals surface area contributed by atoms with Crippen molar-refractivity contribution in [2.75, 3.05) is 19.7 Å². The molecule has 1 aromatic rings. The van der Waals surface area contributed by atoms with Gasteiger partial charge in [0.25, 0.3) is 0 Å². The van der Waals surface area contributed by atoms with Crippen molar-refractivity contribution in [1.29, 1.82) is 0 Å². The van der Waals surface area contributed by atoms with E-state index in [1.54, 1.807) is 0 Å². The van der Waals surface area contributed by atoms with Gasteiger partial charge in [0.15, 0.2) is 0 Å². The van der Waals surface area contributed by atoms with Crippen LogP contribution < -0.4 is 10.1 Å². The van der Waals surface area contributed by atoms with Gasteiger partial charge in [0.05, 0.1) is 0 Å². The highest BCUT2D eigenvalue weighted by Gasteiger charge is 2.06. The van der Waals surface area contributed by atoms with Crippen molar-refractivity contribution in [2.24, 2.45) is 0 Å². The molecule has 0 spiro atoms. The molecule has 0 saturated heterocycles. The third-order valence-electron chi connectivity index (χ3n) is 2.59. The van der Waals surface area contributed by atoms with Gasteiger partial charge in [0.1, 0.15) is 18.5 Å². The Morgan fingerprint density at radius 3 is 3.00 bits per heavy atom. The summed E-state index contributed by atoms with van der Waals surface area (Å²) in [6, 6.07) is 7.77. The average Bonchev–Trinajstić information content (AvgIpc) is 2.43. The van der Waals surface area contributed by atoms with E-state index in [4.69, 9.17) is 11.2 Å². The van der Waals surface area contributed by atoms with Crippen molar-refractivity contribution in [2.45, 2.75) is 18.9 Å². The maximum atomic E-state index is 9.77. The molecule has 0 fully saturated rings. The molecule has 0 heterocycles. The van der Waals surface area contributed by atoms with Gasteiger partial charge in [-0.05, 0) is 18.1 Å². The molecule has 1 rings (SSSR count). The summed E-state index contributed by atoms with van der Waals surface area (Å²) in [5, 5.41) is 12.8. The Morgan fingerprint density at radius 2 is 2.26 bits per heavy atom. The minimum atomic E-state index is -0.547. The summed E-state index contributed by atoms with van der Waals surface area (Å²) in [6.45, 7) is 5.17. The molecule has 0 aromatic heterocycles. The van der Waals surface area contributed by atoms with E-state index in [0.29, 0.717) is 19.5 Å². The number of nitrogens with one attached hydrogen (secondary N) is 1. The lowest BCUT2D eigenvalue weighted by molar-refractivity contribution is 0.106. The number of hydrogen-bond acceptors (Lipinski definition) is 3. The van der Waals surface area contributed by atoms with Gasteiger partial charge in [-0.1, -0.05) is 24.3 Å². The predicted molar refractivity (Wildman–Crippen MR) is 78.2 cm³/mol. The fourth-order valence-corrected chi connectivity index (χ4v) is 1.64. The Hall–Kier alpha value is -1.76. The number of terminal acetylenes is 1. The first-order chi connectivity index (χ1) is 9.27.